The first-order valence-corrected chi connectivity index (χ1v) is 8.49. The van der Waals surface area contributed by atoms with E-state index in [-0.39, 0.29) is 0 Å². The van der Waals surface area contributed by atoms with Gasteiger partial charge in [-0.3, -0.25) is 9.89 Å². The first-order chi connectivity index (χ1) is 10.3. The molecule has 0 atom stereocenters. The summed E-state index contributed by atoms with van der Waals surface area (Å²) in [5.41, 5.74) is 0. The molecule has 5 nitrogen and oxygen atoms in total. The number of carbonyl (C=O) groups is 1. The number of rotatable bonds is 4. The third-order valence-corrected chi connectivity index (χ3v) is 5.35. The van der Waals surface area contributed by atoms with Crippen molar-refractivity contribution in [1.82, 2.24) is 20.1 Å². The molecule has 0 bridgehead atoms. The van der Waals surface area contributed by atoms with Gasteiger partial charge in [0, 0.05) is 31.3 Å². The van der Waals surface area contributed by atoms with Crippen molar-refractivity contribution < 1.29 is 4.79 Å². The Morgan fingerprint density at radius 2 is 1.90 bits per heavy atom. The largest absolute Gasteiger partial charge is 0.342 e. The molecule has 0 radical (unpaired) electrons. The quantitative estimate of drug-likeness (QED) is 0.924. The maximum absolute atomic E-state index is 12.2. The van der Waals surface area contributed by atoms with Gasteiger partial charge in [-0.25, -0.2) is 4.98 Å². The second-order valence-corrected chi connectivity index (χ2v) is 7.02. The molecule has 21 heavy (non-hydrogen) atoms. The van der Waals surface area contributed by atoms with Crippen molar-refractivity contribution in [2.45, 2.75) is 57.3 Å². The zero-order valence-corrected chi connectivity index (χ0v) is 12.6. The monoisotopic (exact) mass is 288 g/mol. The molecule has 3 aliphatic rings. The Balaban J connectivity index is 1.27. The first kappa shape index (κ1) is 13.3. The first-order valence-electron chi connectivity index (χ1n) is 8.49. The van der Waals surface area contributed by atoms with Gasteiger partial charge in [-0.15, -0.1) is 0 Å². The Morgan fingerprint density at radius 1 is 1.14 bits per heavy atom. The third kappa shape index (κ3) is 2.83. The highest BCUT2D eigenvalue weighted by Gasteiger charge is 2.32. The number of hydrogen-bond acceptors (Lipinski definition) is 3. The van der Waals surface area contributed by atoms with E-state index < -0.39 is 0 Å². The Morgan fingerprint density at radius 3 is 2.52 bits per heavy atom. The van der Waals surface area contributed by atoms with Crippen LogP contribution in [0.1, 0.15) is 62.5 Å². The standard InChI is InChI=1S/C16H24N4O/c21-16(13-2-1-3-13)20-8-6-11(7-9-20)10-14-17-15(19-18-14)12-4-5-12/h11-13H,1-10H2,(H,17,18,19). The molecule has 0 spiro atoms. The molecule has 5 heteroatoms. The van der Waals surface area contributed by atoms with Gasteiger partial charge in [0.1, 0.15) is 5.82 Å². The zero-order chi connectivity index (χ0) is 14.2. The summed E-state index contributed by atoms with van der Waals surface area (Å²) in [6, 6.07) is 0. The van der Waals surface area contributed by atoms with Crippen LogP contribution in [-0.2, 0) is 11.2 Å². The summed E-state index contributed by atoms with van der Waals surface area (Å²) >= 11 is 0. The SMILES string of the molecule is O=C(C1CCC1)N1CCC(Cc2nc(C3CC3)n[nH]2)CC1. The van der Waals surface area contributed by atoms with Gasteiger partial charge >= 0.3 is 0 Å². The van der Waals surface area contributed by atoms with E-state index in [1.54, 1.807) is 0 Å². The van der Waals surface area contributed by atoms with Crippen LogP contribution in [0.3, 0.4) is 0 Å². The molecule has 2 aliphatic carbocycles. The normalized spacial score (nSPS) is 24.1. The zero-order valence-electron chi connectivity index (χ0n) is 12.6. The van der Waals surface area contributed by atoms with Crippen LogP contribution in [0.25, 0.3) is 0 Å². The topological polar surface area (TPSA) is 61.9 Å². The highest BCUT2D eigenvalue weighted by molar-refractivity contribution is 5.79. The molecule has 1 saturated heterocycles. The van der Waals surface area contributed by atoms with Crippen molar-refractivity contribution in [3.05, 3.63) is 11.6 Å². The number of H-pyrrole nitrogens is 1. The van der Waals surface area contributed by atoms with Crippen LogP contribution in [0.5, 0.6) is 0 Å². The summed E-state index contributed by atoms with van der Waals surface area (Å²) in [5, 5.41) is 7.43. The molecule has 1 aromatic rings. The number of nitrogens with one attached hydrogen (secondary N) is 1. The van der Waals surface area contributed by atoms with E-state index in [4.69, 9.17) is 0 Å². The molecule has 2 heterocycles. The predicted molar refractivity (Wildman–Crippen MR) is 78.7 cm³/mol. The van der Waals surface area contributed by atoms with E-state index in [1.165, 1.54) is 19.3 Å². The summed E-state index contributed by atoms with van der Waals surface area (Å²) in [6.07, 6.45) is 9.17. The summed E-state index contributed by atoms with van der Waals surface area (Å²) < 4.78 is 0. The number of hydrogen-bond donors (Lipinski definition) is 1. The minimum atomic E-state index is 0.344. The molecule has 1 amide bonds. The number of aromatic nitrogens is 3. The molecular weight excluding hydrogens is 264 g/mol. The molecule has 3 fully saturated rings. The molecule has 0 unspecified atom stereocenters. The van der Waals surface area contributed by atoms with Crippen LogP contribution in [0.2, 0.25) is 0 Å². The van der Waals surface area contributed by atoms with Crippen molar-refractivity contribution in [2.24, 2.45) is 11.8 Å². The number of piperidine rings is 1. The van der Waals surface area contributed by atoms with Crippen LogP contribution in [0.4, 0.5) is 0 Å². The van der Waals surface area contributed by atoms with Gasteiger partial charge in [-0.2, -0.15) is 5.10 Å². The smallest absolute Gasteiger partial charge is 0.225 e. The fraction of sp³-hybridized carbons (Fsp3) is 0.812. The maximum atomic E-state index is 12.2. The highest BCUT2D eigenvalue weighted by Crippen LogP contribution is 2.38. The number of likely N-dealkylation sites (tertiary alicyclic amines) is 1. The maximum Gasteiger partial charge on any atom is 0.225 e. The fourth-order valence-corrected chi connectivity index (χ4v) is 3.47. The van der Waals surface area contributed by atoms with Gasteiger partial charge in [0.2, 0.25) is 5.91 Å². The van der Waals surface area contributed by atoms with E-state index in [0.29, 0.717) is 23.7 Å². The highest BCUT2D eigenvalue weighted by atomic mass is 16.2. The van der Waals surface area contributed by atoms with Gasteiger partial charge in [0.05, 0.1) is 0 Å². The second-order valence-electron chi connectivity index (χ2n) is 7.02. The number of amides is 1. The average molecular weight is 288 g/mol. The lowest BCUT2D eigenvalue weighted by molar-refractivity contribution is -0.139. The van der Waals surface area contributed by atoms with Crippen LogP contribution in [0.15, 0.2) is 0 Å². The number of nitrogens with zero attached hydrogens (tertiary/aromatic N) is 3. The third-order valence-electron chi connectivity index (χ3n) is 5.35. The molecule has 114 valence electrons. The van der Waals surface area contributed by atoms with Gasteiger partial charge in [-0.1, -0.05) is 6.42 Å². The van der Waals surface area contributed by atoms with Gasteiger partial charge in [-0.05, 0) is 44.4 Å². The van der Waals surface area contributed by atoms with Gasteiger partial charge < -0.3 is 4.90 Å². The summed E-state index contributed by atoms with van der Waals surface area (Å²) in [6.45, 7) is 1.87. The van der Waals surface area contributed by atoms with Crippen molar-refractivity contribution in [3.8, 4) is 0 Å². The molecule has 4 rings (SSSR count). The van der Waals surface area contributed by atoms with Crippen LogP contribution in [0, 0.1) is 11.8 Å². The molecule has 0 aromatic carbocycles. The minimum Gasteiger partial charge on any atom is -0.342 e. The molecular formula is C16H24N4O. The summed E-state index contributed by atoms with van der Waals surface area (Å²) in [4.78, 5) is 18.9. The average Bonchev–Trinajstić information content (AvgIpc) is 3.19. The lowest BCUT2D eigenvalue weighted by Crippen LogP contribution is -2.43. The Hall–Kier alpha value is -1.39. The number of carbonyl (C=O) groups excluding carboxylic acids is 1. The number of aromatic amines is 1. The molecule has 1 N–H and O–H groups in total. The van der Waals surface area contributed by atoms with E-state index >= 15 is 0 Å². The van der Waals surface area contributed by atoms with Gasteiger partial charge in [0.15, 0.2) is 5.82 Å². The van der Waals surface area contributed by atoms with Crippen molar-refractivity contribution in [2.75, 3.05) is 13.1 Å². The fourth-order valence-electron chi connectivity index (χ4n) is 3.47. The van der Waals surface area contributed by atoms with Crippen LogP contribution in [-0.4, -0.2) is 39.1 Å². The minimum absolute atomic E-state index is 0.344. The summed E-state index contributed by atoms with van der Waals surface area (Å²) in [5.74, 6) is 4.09. The Bertz CT molecular complexity index is 510. The Labute approximate surface area is 125 Å². The predicted octanol–water partition coefficient (Wildman–Crippen LogP) is 2.26. The summed E-state index contributed by atoms with van der Waals surface area (Å²) in [7, 11) is 0. The molecule has 1 aliphatic heterocycles. The molecule has 1 aromatic heterocycles. The lowest BCUT2D eigenvalue weighted by atomic mass is 9.83. The van der Waals surface area contributed by atoms with Crippen molar-refractivity contribution >= 4 is 5.91 Å². The van der Waals surface area contributed by atoms with E-state index in [0.717, 1.165) is 56.8 Å². The van der Waals surface area contributed by atoms with Crippen LogP contribution < -0.4 is 0 Å². The molecule has 2 saturated carbocycles. The van der Waals surface area contributed by atoms with E-state index in [9.17, 15) is 4.79 Å². The van der Waals surface area contributed by atoms with Gasteiger partial charge in [0.25, 0.3) is 0 Å². The van der Waals surface area contributed by atoms with Crippen LogP contribution >= 0.6 is 0 Å². The van der Waals surface area contributed by atoms with Crippen molar-refractivity contribution in [1.29, 1.82) is 0 Å². The van der Waals surface area contributed by atoms with Crippen molar-refractivity contribution in [3.63, 3.8) is 0 Å². The second kappa shape index (κ2) is 5.43. The lowest BCUT2D eigenvalue weighted by Gasteiger charge is -2.36. The van der Waals surface area contributed by atoms with E-state index in [1.807, 2.05) is 0 Å². The Kier molecular flexibility index (Phi) is 3.43. The van der Waals surface area contributed by atoms with E-state index in [2.05, 4.69) is 20.1 Å².